The molecule has 0 amide bonds. The smallest absolute Gasteiger partial charge is 0.130 e. The average molecular weight is 269 g/mol. The largest absolute Gasteiger partial charge is 0.508 e. The zero-order valence-electron chi connectivity index (χ0n) is 10.6. The van der Waals surface area contributed by atoms with Crippen molar-refractivity contribution in [2.24, 2.45) is 0 Å². The summed E-state index contributed by atoms with van der Waals surface area (Å²) in [5.41, 5.74) is 1.63. The van der Waals surface area contributed by atoms with E-state index in [4.69, 9.17) is 4.74 Å². The Morgan fingerprint density at radius 3 is 2.75 bits per heavy atom. The van der Waals surface area contributed by atoms with Gasteiger partial charge in [0, 0.05) is 23.6 Å². The Hall–Kier alpha value is -2.62. The molecule has 0 aliphatic heterocycles. The first kappa shape index (κ1) is 12.4. The van der Waals surface area contributed by atoms with E-state index in [1.54, 1.807) is 0 Å². The Balaban J connectivity index is 1.79. The van der Waals surface area contributed by atoms with Gasteiger partial charge in [0.25, 0.3) is 0 Å². The number of phenols is 1. The van der Waals surface area contributed by atoms with Crippen LogP contribution in [-0.4, -0.2) is 10.1 Å². The van der Waals surface area contributed by atoms with Crippen LogP contribution in [-0.2, 0) is 6.61 Å². The van der Waals surface area contributed by atoms with Crippen LogP contribution < -0.4 is 4.74 Å². The summed E-state index contributed by atoms with van der Waals surface area (Å²) in [6.45, 7) is 0.216. The lowest BCUT2D eigenvalue weighted by atomic mass is 10.2. The van der Waals surface area contributed by atoms with Crippen molar-refractivity contribution in [2.75, 3.05) is 0 Å². The van der Waals surface area contributed by atoms with E-state index in [0.717, 1.165) is 22.7 Å². The number of para-hydroxylation sites is 1. The minimum absolute atomic E-state index is 0.161. The third-order valence-corrected chi connectivity index (χ3v) is 2.90. The number of aromatic nitrogens is 1. The normalized spacial score (nSPS) is 10.7. The lowest BCUT2D eigenvalue weighted by molar-refractivity contribution is 0.298. The Morgan fingerprint density at radius 2 is 1.90 bits per heavy atom. The van der Waals surface area contributed by atoms with Crippen LogP contribution in [0.1, 0.15) is 5.69 Å². The van der Waals surface area contributed by atoms with E-state index >= 15 is 0 Å². The van der Waals surface area contributed by atoms with Crippen molar-refractivity contribution in [3.63, 3.8) is 0 Å². The molecule has 1 heterocycles. The van der Waals surface area contributed by atoms with Crippen LogP contribution in [0, 0.1) is 5.82 Å². The van der Waals surface area contributed by atoms with E-state index in [0.29, 0.717) is 0 Å². The van der Waals surface area contributed by atoms with Crippen molar-refractivity contribution in [3.8, 4) is 11.5 Å². The van der Waals surface area contributed by atoms with Gasteiger partial charge in [-0.3, -0.25) is 0 Å². The molecule has 0 saturated heterocycles. The van der Waals surface area contributed by atoms with Crippen molar-refractivity contribution < 1.29 is 14.2 Å². The minimum Gasteiger partial charge on any atom is -0.508 e. The molecule has 0 bridgehead atoms. The molecule has 3 rings (SSSR count). The summed E-state index contributed by atoms with van der Waals surface area (Å²) >= 11 is 0. The number of ether oxygens (including phenoxy) is 1. The van der Waals surface area contributed by atoms with E-state index in [-0.39, 0.29) is 18.1 Å². The summed E-state index contributed by atoms with van der Waals surface area (Å²) in [5, 5.41) is 10.4. The summed E-state index contributed by atoms with van der Waals surface area (Å²) in [6, 6.07) is 15.2. The predicted octanol–water partition coefficient (Wildman–Crippen LogP) is 3.66. The quantitative estimate of drug-likeness (QED) is 0.789. The second-order valence-electron chi connectivity index (χ2n) is 4.43. The fraction of sp³-hybridized carbons (Fsp3) is 0.0625. The number of phenolic OH excluding ortho intramolecular Hbond substituents is 1. The van der Waals surface area contributed by atoms with Crippen molar-refractivity contribution in [1.29, 1.82) is 0 Å². The van der Waals surface area contributed by atoms with Gasteiger partial charge in [-0.25, -0.2) is 9.37 Å². The van der Waals surface area contributed by atoms with Gasteiger partial charge >= 0.3 is 0 Å². The molecule has 0 spiro atoms. The molecular formula is C16H12FNO2. The van der Waals surface area contributed by atoms with Gasteiger partial charge in [0.05, 0.1) is 11.2 Å². The van der Waals surface area contributed by atoms with Crippen LogP contribution in [0.5, 0.6) is 11.5 Å². The number of rotatable bonds is 3. The Bertz CT molecular complexity index is 738. The number of benzene rings is 2. The topological polar surface area (TPSA) is 42.4 Å². The Kier molecular flexibility index (Phi) is 3.21. The van der Waals surface area contributed by atoms with Crippen LogP contribution in [0.3, 0.4) is 0 Å². The molecule has 2 aromatic carbocycles. The van der Waals surface area contributed by atoms with E-state index in [2.05, 4.69) is 4.98 Å². The highest BCUT2D eigenvalue weighted by Gasteiger charge is 2.03. The first-order chi connectivity index (χ1) is 9.70. The summed E-state index contributed by atoms with van der Waals surface area (Å²) in [5.74, 6) is -0.421. The molecule has 0 radical (unpaired) electrons. The summed E-state index contributed by atoms with van der Waals surface area (Å²) in [6.07, 6.45) is 0. The summed E-state index contributed by atoms with van der Waals surface area (Å²) < 4.78 is 18.5. The average Bonchev–Trinajstić information content (AvgIpc) is 2.44. The molecule has 4 heteroatoms. The fourth-order valence-corrected chi connectivity index (χ4v) is 1.98. The SMILES string of the molecule is Oc1cc(F)cc(OCc2ccc3ccccc3n2)c1. The number of pyridine rings is 1. The van der Waals surface area contributed by atoms with Crippen molar-refractivity contribution in [3.05, 3.63) is 66.1 Å². The molecule has 3 aromatic rings. The van der Waals surface area contributed by atoms with Gasteiger partial charge in [-0.1, -0.05) is 24.3 Å². The maximum atomic E-state index is 13.1. The molecule has 0 fully saturated rings. The first-order valence-electron chi connectivity index (χ1n) is 6.18. The van der Waals surface area contributed by atoms with E-state index in [9.17, 15) is 9.50 Å². The molecule has 20 heavy (non-hydrogen) atoms. The second-order valence-corrected chi connectivity index (χ2v) is 4.43. The van der Waals surface area contributed by atoms with Crippen LogP contribution in [0.15, 0.2) is 54.6 Å². The zero-order chi connectivity index (χ0) is 13.9. The lowest BCUT2D eigenvalue weighted by Crippen LogP contribution is -1.98. The molecule has 0 aliphatic rings. The molecule has 0 saturated carbocycles. The highest BCUT2D eigenvalue weighted by Crippen LogP contribution is 2.21. The van der Waals surface area contributed by atoms with Gasteiger partial charge in [0.1, 0.15) is 23.9 Å². The molecule has 1 aromatic heterocycles. The number of hydrogen-bond acceptors (Lipinski definition) is 3. The number of halogens is 1. The van der Waals surface area contributed by atoms with E-state index in [1.165, 1.54) is 12.1 Å². The van der Waals surface area contributed by atoms with Crippen LogP contribution >= 0.6 is 0 Å². The number of hydrogen-bond donors (Lipinski definition) is 1. The van der Waals surface area contributed by atoms with Gasteiger partial charge in [0.2, 0.25) is 0 Å². The molecule has 0 atom stereocenters. The number of nitrogens with zero attached hydrogens (tertiary/aromatic N) is 1. The molecule has 100 valence electrons. The maximum absolute atomic E-state index is 13.1. The van der Waals surface area contributed by atoms with Crippen molar-refractivity contribution in [1.82, 2.24) is 4.98 Å². The second kappa shape index (κ2) is 5.17. The highest BCUT2D eigenvalue weighted by molar-refractivity contribution is 5.78. The van der Waals surface area contributed by atoms with Crippen LogP contribution in [0.4, 0.5) is 4.39 Å². The van der Waals surface area contributed by atoms with Gasteiger partial charge in [0.15, 0.2) is 0 Å². The predicted molar refractivity (Wildman–Crippen MR) is 74.1 cm³/mol. The fourth-order valence-electron chi connectivity index (χ4n) is 1.98. The Labute approximate surface area is 115 Å². The third-order valence-electron chi connectivity index (χ3n) is 2.90. The van der Waals surface area contributed by atoms with Crippen molar-refractivity contribution >= 4 is 10.9 Å². The maximum Gasteiger partial charge on any atom is 0.130 e. The number of aromatic hydroxyl groups is 1. The van der Waals surface area contributed by atoms with Crippen LogP contribution in [0.2, 0.25) is 0 Å². The van der Waals surface area contributed by atoms with Gasteiger partial charge in [-0.15, -0.1) is 0 Å². The summed E-state index contributed by atoms with van der Waals surface area (Å²) in [4.78, 5) is 4.45. The molecule has 3 nitrogen and oxygen atoms in total. The van der Waals surface area contributed by atoms with E-state index in [1.807, 2.05) is 36.4 Å². The van der Waals surface area contributed by atoms with Crippen molar-refractivity contribution in [2.45, 2.75) is 6.61 Å². The molecular weight excluding hydrogens is 257 g/mol. The molecule has 0 unspecified atom stereocenters. The Morgan fingerprint density at radius 1 is 1.05 bits per heavy atom. The van der Waals surface area contributed by atoms with Gasteiger partial charge in [-0.2, -0.15) is 0 Å². The zero-order valence-corrected chi connectivity index (χ0v) is 10.6. The standard InChI is InChI=1S/C16H12FNO2/c17-12-7-14(19)9-15(8-12)20-10-13-6-5-11-3-1-2-4-16(11)18-13/h1-9,19H,10H2. The van der Waals surface area contributed by atoms with Gasteiger partial charge < -0.3 is 9.84 Å². The minimum atomic E-state index is -0.536. The molecule has 0 aliphatic carbocycles. The molecule has 1 N–H and O–H groups in total. The highest BCUT2D eigenvalue weighted by atomic mass is 19.1. The van der Waals surface area contributed by atoms with Gasteiger partial charge in [-0.05, 0) is 12.1 Å². The monoisotopic (exact) mass is 269 g/mol. The summed E-state index contributed by atoms with van der Waals surface area (Å²) in [7, 11) is 0. The van der Waals surface area contributed by atoms with Crippen LogP contribution in [0.25, 0.3) is 10.9 Å². The van der Waals surface area contributed by atoms with E-state index < -0.39 is 5.82 Å². The first-order valence-corrected chi connectivity index (χ1v) is 6.18. The number of fused-ring (bicyclic) bond motifs is 1. The third kappa shape index (κ3) is 2.69. The lowest BCUT2D eigenvalue weighted by Gasteiger charge is -2.07.